The number of thioether (sulfide) groups is 1. The van der Waals surface area contributed by atoms with Gasteiger partial charge in [0.05, 0.1) is 6.54 Å². The van der Waals surface area contributed by atoms with E-state index in [1.54, 1.807) is 11.8 Å². The van der Waals surface area contributed by atoms with Gasteiger partial charge < -0.3 is 0 Å². The average Bonchev–Trinajstić information content (AvgIpc) is 2.14. The van der Waals surface area contributed by atoms with Crippen molar-refractivity contribution < 1.29 is 0 Å². The van der Waals surface area contributed by atoms with E-state index in [1.165, 1.54) is 0 Å². The maximum Gasteiger partial charge on any atom is 0.182 e. The van der Waals surface area contributed by atoms with Crippen LogP contribution < -0.4 is 0 Å². The second kappa shape index (κ2) is 2.12. The number of hydrogen-bond acceptors (Lipinski definition) is 3. The second-order valence-corrected chi connectivity index (χ2v) is 1.91. The van der Waals surface area contributed by atoms with E-state index >= 15 is 0 Å². The van der Waals surface area contributed by atoms with Gasteiger partial charge in [-0.3, -0.25) is 4.99 Å². The molecule has 0 radical (unpaired) electrons. The highest BCUT2D eigenvalue weighted by Gasteiger charge is 1.94. The summed E-state index contributed by atoms with van der Waals surface area (Å²) in [6.07, 6.45) is 3.79. The van der Waals surface area contributed by atoms with Crippen LogP contribution in [0.1, 0.15) is 0 Å². The van der Waals surface area contributed by atoms with Crippen molar-refractivity contribution in [2.24, 2.45) is 9.98 Å². The maximum absolute atomic E-state index is 4.01. The molecule has 7 heavy (non-hydrogen) atoms. The summed E-state index contributed by atoms with van der Waals surface area (Å²) < 4.78 is 0. The molecule has 0 atom stereocenters. The van der Waals surface area contributed by atoms with Gasteiger partial charge >= 0.3 is 0 Å². The Morgan fingerprint density at radius 1 is 1.86 bits per heavy atom. The molecule has 0 bridgehead atoms. The third-order valence-corrected chi connectivity index (χ3v) is 1.29. The number of hydrogen-bond donors (Lipinski definition) is 0. The van der Waals surface area contributed by atoms with Crippen LogP contribution in [0.4, 0.5) is 0 Å². The minimum atomic E-state index is 0.774. The zero-order valence-corrected chi connectivity index (χ0v) is 4.90. The van der Waals surface area contributed by atoms with Crippen molar-refractivity contribution >= 4 is 23.1 Å². The summed E-state index contributed by atoms with van der Waals surface area (Å²) in [5, 5.41) is 0.903. The summed E-state index contributed by atoms with van der Waals surface area (Å²) in [5.41, 5.74) is 0. The molecule has 2 nitrogen and oxygen atoms in total. The lowest BCUT2D eigenvalue weighted by Gasteiger charge is -1.81. The molecule has 0 aromatic carbocycles. The molecule has 1 heterocycles. The topological polar surface area (TPSA) is 24.7 Å². The van der Waals surface area contributed by atoms with Gasteiger partial charge in [-0.15, -0.1) is 0 Å². The van der Waals surface area contributed by atoms with Crippen LogP contribution in [0.3, 0.4) is 0 Å². The zero-order valence-electron chi connectivity index (χ0n) is 4.09. The predicted octanol–water partition coefficient (Wildman–Crippen LogP) is 0.790. The Morgan fingerprint density at radius 2 is 2.71 bits per heavy atom. The summed E-state index contributed by atoms with van der Waals surface area (Å²) >= 11 is 1.58. The van der Waals surface area contributed by atoms with E-state index < -0.39 is 0 Å². The summed E-state index contributed by atoms with van der Waals surface area (Å²) in [6.45, 7) is 0.774. The second-order valence-electron chi connectivity index (χ2n) is 1.14. The Balaban J connectivity index is 2.52. The largest absolute Gasteiger partial charge is 0.255 e. The van der Waals surface area contributed by atoms with Crippen molar-refractivity contribution in [1.82, 2.24) is 0 Å². The van der Waals surface area contributed by atoms with E-state index in [1.807, 2.05) is 12.5 Å². The number of nitrogens with zero attached hydrogens (tertiary/aromatic N) is 2. The van der Waals surface area contributed by atoms with Gasteiger partial charge in [0.15, 0.2) is 5.17 Å². The standard InChI is InChI=1S/C4H6N2S/c1-7-4-5-2-3-6-4/h2H,3H2,1H3. The normalized spacial score (nSPS) is 17.6. The van der Waals surface area contributed by atoms with Gasteiger partial charge in [-0.1, -0.05) is 11.8 Å². The summed E-state index contributed by atoms with van der Waals surface area (Å²) in [5.74, 6) is 0. The molecule has 0 amide bonds. The fourth-order valence-corrected chi connectivity index (χ4v) is 0.779. The van der Waals surface area contributed by atoms with E-state index in [-0.39, 0.29) is 0 Å². The number of amidine groups is 1. The molecule has 0 fully saturated rings. The number of rotatable bonds is 0. The lowest BCUT2D eigenvalue weighted by molar-refractivity contribution is 1.38. The molecule has 38 valence electrons. The van der Waals surface area contributed by atoms with Crippen molar-refractivity contribution in [1.29, 1.82) is 0 Å². The lowest BCUT2D eigenvalue weighted by atomic mass is 10.8. The number of aliphatic imine (C=N–C) groups is 2. The molecular weight excluding hydrogens is 108 g/mol. The van der Waals surface area contributed by atoms with E-state index in [0.29, 0.717) is 0 Å². The minimum Gasteiger partial charge on any atom is -0.255 e. The van der Waals surface area contributed by atoms with Crippen LogP contribution in [0.15, 0.2) is 9.98 Å². The van der Waals surface area contributed by atoms with E-state index in [9.17, 15) is 0 Å². The minimum absolute atomic E-state index is 0.774. The highest BCUT2D eigenvalue weighted by atomic mass is 32.2. The Bertz CT molecular complexity index is 117. The van der Waals surface area contributed by atoms with Crippen molar-refractivity contribution in [3.8, 4) is 0 Å². The van der Waals surface area contributed by atoms with Gasteiger partial charge in [-0.25, -0.2) is 4.99 Å². The molecule has 0 saturated carbocycles. The first-order valence-electron chi connectivity index (χ1n) is 2.04. The van der Waals surface area contributed by atoms with Gasteiger partial charge in [-0.05, 0) is 6.26 Å². The summed E-state index contributed by atoms with van der Waals surface area (Å²) in [7, 11) is 0. The molecule has 0 aliphatic carbocycles. The van der Waals surface area contributed by atoms with Crippen LogP contribution in [-0.2, 0) is 0 Å². The third kappa shape index (κ3) is 1.03. The zero-order chi connectivity index (χ0) is 5.11. The van der Waals surface area contributed by atoms with Crippen molar-refractivity contribution in [2.45, 2.75) is 0 Å². The monoisotopic (exact) mass is 114 g/mol. The third-order valence-electron chi connectivity index (χ3n) is 0.692. The van der Waals surface area contributed by atoms with Gasteiger partial charge in [0, 0.05) is 6.21 Å². The van der Waals surface area contributed by atoms with Crippen molar-refractivity contribution in [3.05, 3.63) is 0 Å². The molecule has 1 rings (SSSR count). The quantitative estimate of drug-likeness (QED) is 0.457. The fourth-order valence-electron chi connectivity index (χ4n) is 0.396. The Labute approximate surface area is 46.7 Å². The molecule has 0 aromatic heterocycles. The Hall–Kier alpha value is -0.310. The highest BCUT2D eigenvalue weighted by molar-refractivity contribution is 8.13. The van der Waals surface area contributed by atoms with Gasteiger partial charge in [0.25, 0.3) is 0 Å². The van der Waals surface area contributed by atoms with Gasteiger partial charge in [0.1, 0.15) is 0 Å². The predicted molar refractivity (Wildman–Crippen MR) is 34.3 cm³/mol. The first kappa shape index (κ1) is 4.84. The SMILES string of the molecule is CSC1=NCC=N1. The molecule has 3 heteroatoms. The van der Waals surface area contributed by atoms with Crippen LogP contribution in [-0.4, -0.2) is 24.2 Å². The maximum atomic E-state index is 4.01. The smallest absolute Gasteiger partial charge is 0.182 e. The first-order chi connectivity index (χ1) is 3.43. The lowest BCUT2D eigenvalue weighted by Crippen LogP contribution is -1.75. The molecule has 1 aliphatic heterocycles. The van der Waals surface area contributed by atoms with Crippen LogP contribution in [0.2, 0.25) is 0 Å². The van der Waals surface area contributed by atoms with Gasteiger partial charge in [0.2, 0.25) is 0 Å². The highest BCUT2D eigenvalue weighted by Crippen LogP contribution is 2.01. The van der Waals surface area contributed by atoms with Crippen LogP contribution in [0.25, 0.3) is 0 Å². The van der Waals surface area contributed by atoms with Crippen molar-refractivity contribution in [3.63, 3.8) is 0 Å². The van der Waals surface area contributed by atoms with Crippen LogP contribution in [0, 0.1) is 0 Å². The molecule has 0 N–H and O–H groups in total. The Kier molecular flexibility index (Phi) is 1.46. The van der Waals surface area contributed by atoms with E-state index in [4.69, 9.17) is 0 Å². The molecule has 1 aliphatic rings. The summed E-state index contributed by atoms with van der Waals surface area (Å²) in [4.78, 5) is 7.95. The Morgan fingerprint density at radius 3 is 3.00 bits per heavy atom. The molecular formula is C4H6N2S. The van der Waals surface area contributed by atoms with Gasteiger partial charge in [-0.2, -0.15) is 0 Å². The van der Waals surface area contributed by atoms with Crippen LogP contribution >= 0.6 is 11.8 Å². The average molecular weight is 114 g/mol. The van der Waals surface area contributed by atoms with Crippen LogP contribution in [0.5, 0.6) is 0 Å². The molecule has 0 spiro atoms. The molecule has 0 unspecified atom stereocenters. The molecule has 0 aromatic rings. The fraction of sp³-hybridized carbons (Fsp3) is 0.500. The van der Waals surface area contributed by atoms with Crippen molar-refractivity contribution in [2.75, 3.05) is 12.8 Å². The first-order valence-corrected chi connectivity index (χ1v) is 3.27. The summed E-state index contributed by atoms with van der Waals surface area (Å²) in [6, 6.07) is 0. The van der Waals surface area contributed by atoms with E-state index in [2.05, 4.69) is 9.98 Å². The molecule has 0 saturated heterocycles. The van der Waals surface area contributed by atoms with E-state index in [0.717, 1.165) is 11.7 Å².